The van der Waals surface area contributed by atoms with E-state index in [-0.39, 0.29) is 11.8 Å². The molecule has 0 radical (unpaired) electrons. The number of hydrogen-bond donors (Lipinski definition) is 2. The van der Waals surface area contributed by atoms with Crippen LogP contribution in [0, 0.1) is 0 Å². The Balaban J connectivity index is 3.16. The van der Waals surface area contributed by atoms with Crippen LogP contribution in [0.5, 0.6) is 0 Å². The van der Waals surface area contributed by atoms with Gasteiger partial charge in [0.05, 0.1) is 0 Å². The maximum atomic E-state index is 10.1. The van der Waals surface area contributed by atoms with Crippen molar-refractivity contribution in [2.75, 3.05) is 19.3 Å². The van der Waals surface area contributed by atoms with Crippen molar-refractivity contribution in [3.8, 4) is 0 Å². The standard InChI is InChI=1S/C6H16N2O2S/c1-8-5-6(7)3-2-4-11(9)10/h6,8H,2-5,7H2,1H3,(H,9,10)/p-1. The summed E-state index contributed by atoms with van der Waals surface area (Å²) in [6, 6.07) is 0.0727. The van der Waals surface area contributed by atoms with Gasteiger partial charge in [0.25, 0.3) is 0 Å². The number of nitrogens with one attached hydrogen (secondary N) is 1. The van der Waals surface area contributed by atoms with Crippen molar-refractivity contribution >= 4 is 11.1 Å². The number of nitrogens with two attached hydrogens (primary N) is 1. The lowest BCUT2D eigenvalue weighted by Crippen LogP contribution is -2.31. The molecule has 0 aromatic carbocycles. The van der Waals surface area contributed by atoms with Gasteiger partial charge in [-0.3, -0.25) is 4.21 Å². The molecule has 0 aliphatic carbocycles. The summed E-state index contributed by atoms with van der Waals surface area (Å²) >= 11 is -1.91. The molecule has 3 N–H and O–H groups in total. The molecule has 0 fully saturated rings. The maximum absolute atomic E-state index is 10.1. The minimum Gasteiger partial charge on any atom is -0.772 e. The summed E-state index contributed by atoms with van der Waals surface area (Å²) in [4.78, 5) is 0. The first-order valence-electron chi connectivity index (χ1n) is 3.63. The molecule has 0 saturated heterocycles. The second kappa shape index (κ2) is 6.72. The fourth-order valence-electron chi connectivity index (χ4n) is 0.828. The molecule has 2 unspecified atom stereocenters. The van der Waals surface area contributed by atoms with Crippen molar-refractivity contribution in [2.45, 2.75) is 18.9 Å². The summed E-state index contributed by atoms with van der Waals surface area (Å²) in [5, 5.41) is 2.93. The van der Waals surface area contributed by atoms with E-state index in [9.17, 15) is 8.76 Å². The molecule has 4 nitrogen and oxygen atoms in total. The lowest BCUT2D eigenvalue weighted by atomic mass is 10.2. The van der Waals surface area contributed by atoms with Crippen LogP contribution in [0.3, 0.4) is 0 Å². The van der Waals surface area contributed by atoms with E-state index in [4.69, 9.17) is 5.73 Å². The first-order valence-corrected chi connectivity index (χ1v) is 4.87. The number of likely N-dealkylation sites (N-methyl/N-ethyl adjacent to an activating group) is 1. The zero-order chi connectivity index (χ0) is 8.69. The Kier molecular flexibility index (Phi) is 6.74. The lowest BCUT2D eigenvalue weighted by molar-refractivity contribution is 0.525. The molecule has 68 valence electrons. The van der Waals surface area contributed by atoms with Crippen molar-refractivity contribution in [1.82, 2.24) is 5.32 Å². The summed E-state index contributed by atoms with van der Waals surface area (Å²) in [5.41, 5.74) is 5.61. The van der Waals surface area contributed by atoms with Gasteiger partial charge < -0.3 is 15.6 Å². The first kappa shape index (κ1) is 11.0. The summed E-state index contributed by atoms with van der Waals surface area (Å²) in [6.45, 7) is 0.742. The highest BCUT2D eigenvalue weighted by Crippen LogP contribution is 1.94. The SMILES string of the molecule is CNCC(N)CCCS(=O)[O-]. The second-order valence-corrected chi connectivity index (χ2v) is 3.48. The van der Waals surface area contributed by atoms with Crippen LogP contribution in [0.15, 0.2) is 0 Å². The molecule has 0 heterocycles. The molecule has 0 aliphatic heterocycles. The summed E-state index contributed by atoms with van der Waals surface area (Å²) in [7, 11) is 1.83. The Morgan fingerprint density at radius 3 is 2.82 bits per heavy atom. The summed E-state index contributed by atoms with van der Waals surface area (Å²) in [5.74, 6) is 0.220. The van der Waals surface area contributed by atoms with E-state index in [2.05, 4.69) is 5.32 Å². The topological polar surface area (TPSA) is 78.2 Å². The molecule has 0 amide bonds. The zero-order valence-corrected chi connectivity index (χ0v) is 7.52. The molecule has 11 heavy (non-hydrogen) atoms. The van der Waals surface area contributed by atoms with E-state index in [0.29, 0.717) is 6.42 Å². The minimum absolute atomic E-state index is 0.0727. The summed E-state index contributed by atoms with van der Waals surface area (Å²) < 4.78 is 20.2. The van der Waals surface area contributed by atoms with Crippen molar-refractivity contribution in [2.24, 2.45) is 5.73 Å². The fourth-order valence-corrected chi connectivity index (χ4v) is 1.23. The largest absolute Gasteiger partial charge is 0.772 e. The Hall–Kier alpha value is 0.0300. The van der Waals surface area contributed by atoms with Gasteiger partial charge in [0, 0.05) is 18.3 Å². The van der Waals surface area contributed by atoms with Crippen LogP contribution in [-0.4, -0.2) is 34.1 Å². The predicted octanol–water partition coefficient (Wildman–Crippen LogP) is -0.808. The minimum atomic E-state index is -1.91. The fraction of sp³-hybridized carbons (Fsp3) is 1.00. The average Bonchev–Trinajstić information content (AvgIpc) is 1.87. The van der Waals surface area contributed by atoms with Gasteiger partial charge in [-0.15, -0.1) is 0 Å². The molecular formula is C6H15N2O2S-. The van der Waals surface area contributed by atoms with E-state index >= 15 is 0 Å². The Morgan fingerprint density at radius 2 is 2.36 bits per heavy atom. The predicted molar refractivity (Wildman–Crippen MR) is 44.9 cm³/mol. The molecule has 2 atom stereocenters. The molecule has 0 spiro atoms. The van der Waals surface area contributed by atoms with E-state index in [1.165, 1.54) is 0 Å². The van der Waals surface area contributed by atoms with Crippen LogP contribution in [-0.2, 0) is 11.1 Å². The van der Waals surface area contributed by atoms with Gasteiger partial charge in [-0.05, 0) is 19.9 Å². The molecule has 0 saturated carbocycles. The van der Waals surface area contributed by atoms with E-state index < -0.39 is 11.1 Å². The van der Waals surface area contributed by atoms with Crippen LogP contribution in [0.25, 0.3) is 0 Å². The lowest BCUT2D eigenvalue weighted by Gasteiger charge is -2.10. The number of hydrogen-bond acceptors (Lipinski definition) is 4. The zero-order valence-electron chi connectivity index (χ0n) is 6.71. The van der Waals surface area contributed by atoms with Gasteiger partial charge in [0.1, 0.15) is 0 Å². The van der Waals surface area contributed by atoms with E-state index in [1.807, 2.05) is 7.05 Å². The first-order chi connectivity index (χ1) is 5.16. The average molecular weight is 179 g/mol. The van der Waals surface area contributed by atoms with Crippen LogP contribution in [0.1, 0.15) is 12.8 Å². The van der Waals surface area contributed by atoms with Crippen molar-refractivity contribution in [3.63, 3.8) is 0 Å². The maximum Gasteiger partial charge on any atom is 0.0165 e. The molecule has 0 aromatic rings. The monoisotopic (exact) mass is 179 g/mol. The van der Waals surface area contributed by atoms with Crippen LogP contribution in [0.4, 0.5) is 0 Å². The molecule has 5 heteroatoms. The highest BCUT2D eigenvalue weighted by molar-refractivity contribution is 7.79. The normalized spacial score (nSPS) is 16.3. The van der Waals surface area contributed by atoms with E-state index in [1.54, 1.807) is 0 Å². The Morgan fingerprint density at radius 1 is 1.73 bits per heavy atom. The highest BCUT2D eigenvalue weighted by atomic mass is 32.2. The van der Waals surface area contributed by atoms with Crippen LogP contribution >= 0.6 is 0 Å². The third-order valence-electron chi connectivity index (χ3n) is 1.35. The van der Waals surface area contributed by atoms with Crippen molar-refractivity contribution in [3.05, 3.63) is 0 Å². The Bertz CT molecular complexity index is 121. The van der Waals surface area contributed by atoms with Crippen molar-refractivity contribution in [1.29, 1.82) is 0 Å². The van der Waals surface area contributed by atoms with Gasteiger partial charge in [-0.1, -0.05) is 11.1 Å². The third-order valence-corrected chi connectivity index (χ3v) is 1.97. The van der Waals surface area contributed by atoms with Crippen LogP contribution < -0.4 is 11.1 Å². The Labute approximate surface area is 69.8 Å². The van der Waals surface area contributed by atoms with Crippen molar-refractivity contribution < 1.29 is 8.76 Å². The van der Waals surface area contributed by atoms with Gasteiger partial charge in [0.2, 0.25) is 0 Å². The highest BCUT2D eigenvalue weighted by Gasteiger charge is 1.99. The van der Waals surface area contributed by atoms with Gasteiger partial charge in [-0.25, -0.2) is 0 Å². The van der Waals surface area contributed by atoms with Gasteiger partial charge in [0.15, 0.2) is 0 Å². The number of rotatable bonds is 6. The molecular weight excluding hydrogens is 164 g/mol. The molecule has 0 bridgehead atoms. The van der Waals surface area contributed by atoms with Crippen LogP contribution in [0.2, 0.25) is 0 Å². The second-order valence-electron chi connectivity index (χ2n) is 2.47. The third kappa shape index (κ3) is 7.93. The van der Waals surface area contributed by atoms with Gasteiger partial charge in [-0.2, -0.15) is 0 Å². The smallest absolute Gasteiger partial charge is 0.0165 e. The quantitative estimate of drug-likeness (QED) is 0.523. The molecule has 0 aromatic heterocycles. The molecule has 0 aliphatic rings. The molecule has 0 rings (SSSR count). The summed E-state index contributed by atoms with van der Waals surface area (Å²) in [6.07, 6.45) is 1.41. The van der Waals surface area contributed by atoms with Gasteiger partial charge >= 0.3 is 0 Å². The van der Waals surface area contributed by atoms with E-state index in [0.717, 1.165) is 13.0 Å².